The van der Waals surface area contributed by atoms with E-state index in [4.69, 9.17) is 17.0 Å². The van der Waals surface area contributed by atoms with Gasteiger partial charge >= 0.3 is 0 Å². The van der Waals surface area contributed by atoms with Crippen molar-refractivity contribution < 1.29 is 14.3 Å². The molecule has 0 aromatic heterocycles. The maximum atomic E-state index is 12.3. The molecule has 2 rings (SSSR count). The third kappa shape index (κ3) is 5.27. The molecule has 26 heavy (non-hydrogen) atoms. The highest BCUT2D eigenvalue weighted by Gasteiger charge is 2.11. The van der Waals surface area contributed by atoms with Crippen molar-refractivity contribution in [1.82, 2.24) is 10.6 Å². The lowest BCUT2D eigenvalue weighted by Crippen LogP contribution is -2.34. The van der Waals surface area contributed by atoms with Gasteiger partial charge in [0.1, 0.15) is 5.75 Å². The number of halogens is 1. The Morgan fingerprint density at radius 2 is 1.85 bits per heavy atom. The minimum atomic E-state index is -0.353. The van der Waals surface area contributed by atoms with Crippen LogP contribution in [0.4, 0.5) is 5.69 Å². The largest absolute Gasteiger partial charge is 0.493 e. The number of ether oxygens (including phenoxy) is 1. The molecule has 0 spiro atoms. The maximum Gasteiger partial charge on any atom is 0.257 e. The maximum absolute atomic E-state index is 12.3. The fourth-order valence-corrected chi connectivity index (χ4v) is 2.84. The predicted molar refractivity (Wildman–Crippen MR) is 109 cm³/mol. The summed E-state index contributed by atoms with van der Waals surface area (Å²) in [4.78, 5) is 24.0. The van der Waals surface area contributed by atoms with Crippen molar-refractivity contribution in [3.05, 3.63) is 58.1 Å². The number of hydrogen-bond acceptors (Lipinski definition) is 4. The first-order valence-corrected chi connectivity index (χ1v) is 9.01. The number of carbonyl (C=O) groups excluding carboxylic acids is 2. The standard InChI is InChI=1S/C18H18BrN3O3S/c1-3-25-15-8-7-12(10-14(15)19)17(24)22-18(26)21-13-6-4-5-11(9-13)16(23)20-2/h4-10H,3H2,1-2H3,(H,20,23)(H2,21,22,24,26). The summed E-state index contributed by atoms with van der Waals surface area (Å²) in [5, 5.41) is 8.18. The summed E-state index contributed by atoms with van der Waals surface area (Å²) >= 11 is 8.54. The number of rotatable bonds is 5. The molecule has 0 bridgehead atoms. The number of anilines is 1. The Morgan fingerprint density at radius 3 is 2.50 bits per heavy atom. The highest BCUT2D eigenvalue weighted by molar-refractivity contribution is 9.10. The fourth-order valence-electron chi connectivity index (χ4n) is 2.13. The summed E-state index contributed by atoms with van der Waals surface area (Å²) in [6, 6.07) is 11.8. The van der Waals surface area contributed by atoms with Gasteiger partial charge in [0.2, 0.25) is 0 Å². The van der Waals surface area contributed by atoms with Crippen LogP contribution >= 0.6 is 28.1 Å². The van der Waals surface area contributed by atoms with Gasteiger partial charge in [-0.2, -0.15) is 0 Å². The van der Waals surface area contributed by atoms with Gasteiger partial charge in [-0.15, -0.1) is 0 Å². The van der Waals surface area contributed by atoms with Crippen molar-refractivity contribution in [2.75, 3.05) is 19.0 Å². The predicted octanol–water partition coefficient (Wildman–Crippen LogP) is 3.33. The molecule has 0 saturated heterocycles. The third-order valence-corrected chi connectivity index (χ3v) is 4.15. The van der Waals surface area contributed by atoms with E-state index in [1.807, 2.05) is 6.92 Å². The average Bonchev–Trinajstić information content (AvgIpc) is 2.62. The number of hydrogen-bond donors (Lipinski definition) is 3. The minimum Gasteiger partial charge on any atom is -0.493 e. The lowest BCUT2D eigenvalue weighted by Gasteiger charge is -2.11. The van der Waals surface area contributed by atoms with Crippen molar-refractivity contribution in [2.45, 2.75) is 6.92 Å². The van der Waals surface area contributed by atoms with Gasteiger partial charge in [0, 0.05) is 23.9 Å². The number of benzene rings is 2. The molecule has 0 aliphatic heterocycles. The van der Waals surface area contributed by atoms with E-state index in [1.54, 1.807) is 49.5 Å². The molecule has 0 saturated carbocycles. The molecule has 2 aromatic rings. The van der Waals surface area contributed by atoms with E-state index in [0.717, 1.165) is 0 Å². The Hall–Kier alpha value is -2.45. The second kappa shape index (κ2) is 9.30. The van der Waals surface area contributed by atoms with Gasteiger partial charge in [-0.3, -0.25) is 14.9 Å². The van der Waals surface area contributed by atoms with Crippen LogP contribution in [0.2, 0.25) is 0 Å². The number of carbonyl (C=O) groups is 2. The third-order valence-electron chi connectivity index (χ3n) is 3.33. The Labute approximate surface area is 165 Å². The lowest BCUT2D eigenvalue weighted by molar-refractivity contribution is 0.0959. The van der Waals surface area contributed by atoms with E-state index < -0.39 is 0 Å². The molecule has 2 aromatic carbocycles. The van der Waals surface area contributed by atoms with Gasteiger partial charge in [-0.25, -0.2) is 0 Å². The summed E-state index contributed by atoms with van der Waals surface area (Å²) in [7, 11) is 1.56. The zero-order valence-corrected chi connectivity index (χ0v) is 16.7. The van der Waals surface area contributed by atoms with Crippen LogP contribution in [0, 0.1) is 0 Å². The Kier molecular flexibility index (Phi) is 7.11. The van der Waals surface area contributed by atoms with Crippen LogP contribution in [0.5, 0.6) is 5.75 Å². The smallest absolute Gasteiger partial charge is 0.257 e. The van der Waals surface area contributed by atoms with Crippen molar-refractivity contribution >= 4 is 50.8 Å². The molecule has 136 valence electrons. The quantitative estimate of drug-likeness (QED) is 0.627. The number of thiocarbonyl (C=S) groups is 1. The second-order valence-electron chi connectivity index (χ2n) is 5.15. The van der Waals surface area contributed by atoms with Crippen LogP contribution < -0.4 is 20.7 Å². The molecule has 0 unspecified atom stereocenters. The summed E-state index contributed by atoms with van der Waals surface area (Å²) in [6.07, 6.45) is 0. The highest BCUT2D eigenvalue weighted by atomic mass is 79.9. The summed E-state index contributed by atoms with van der Waals surface area (Å²) in [6.45, 7) is 2.42. The van der Waals surface area contributed by atoms with Gasteiger partial charge < -0.3 is 15.4 Å². The summed E-state index contributed by atoms with van der Waals surface area (Å²) in [5.41, 5.74) is 1.52. The Bertz CT molecular complexity index is 842. The SMILES string of the molecule is CCOc1ccc(C(=O)NC(=S)Nc2cccc(C(=O)NC)c2)cc1Br. The molecule has 0 atom stereocenters. The lowest BCUT2D eigenvalue weighted by atomic mass is 10.2. The molecule has 0 heterocycles. The van der Waals surface area contributed by atoms with Crippen LogP contribution in [-0.4, -0.2) is 30.6 Å². The van der Waals surface area contributed by atoms with Crippen molar-refractivity contribution in [3.8, 4) is 5.75 Å². The van der Waals surface area contributed by atoms with Gasteiger partial charge in [0.25, 0.3) is 11.8 Å². The van der Waals surface area contributed by atoms with Crippen molar-refractivity contribution in [2.24, 2.45) is 0 Å². The Balaban J connectivity index is 2.02. The molecule has 0 aliphatic rings. The van der Waals surface area contributed by atoms with Crippen LogP contribution in [-0.2, 0) is 0 Å². The molecular weight excluding hydrogens is 418 g/mol. The van der Waals surface area contributed by atoms with Gasteiger partial charge in [0.05, 0.1) is 11.1 Å². The second-order valence-corrected chi connectivity index (χ2v) is 6.41. The molecule has 8 heteroatoms. The van der Waals surface area contributed by atoms with Crippen LogP contribution in [0.3, 0.4) is 0 Å². The first-order valence-electron chi connectivity index (χ1n) is 7.81. The molecule has 2 amide bonds. The van der Waals surface area contributed by atoms with Gasteiger partial charge in [-0.05, 0) is 71.5 Å². The molecule has 3 N–H and O–H groups in total. The first kappa shape index (κ1) is 19.9. The minimum absolute atomic E-state index is 0.133. The zero-order chi connectivity index (χ0) is 19.1. The number of amides is 2. The van der Waals surface area contributed by atoms with E-state index in [9.17, 15) is 9.59 Å². The van der Waals surface area contributed by atoms with Crippen LogP contribution in [0.25, 0.3) is 0 Å². The van der Waals surface area contributed by atoms with E-state index >= 15 is 0 Å². The van der Waals surface area contributed by atoms with E-state index in [2.05, 4.69) is 31.9 Å². The van der Waals surface area contributed by atoms with E-state index in [0.29, 0.717) is 33.6 Å². The highest BCUT2D eigenvalue weighted by Crippen LogP contribution is 2.26. The van der Waals surface area contributed by atoms with Gasteiger partial charge in [-0.1, -0.05) is 6.07 Å². The summed E-state index contributed by atoms with van der Waals surface area (Å²) in [5.74, 6) is 0.104. The summed E-state index contributed by atoms with van der Waals surface area (Å²) < 4.78 is 6.11. The Morgan fingerprint density at radius 1 is 1.12 bits per heavy atom. The van der Waals surface area contributed by atoms with E-state index in [1.165, 1.54) is 0 Å². The molecule has 0 radical (unpaired) electrons. The first-order chi connectivity index (χ1) is 12.4. The molecular formula is C18H18BrN3O3S. The van der Waals surface area contributed by atoms with Crippen molar-refractivity contribution in [3.63, 3.8) is 0 Å². The van der Waals surface area contributed by atoms with Crippen LogP contribution in [0.15, 0.2) is 46.9 Å². The van der Waals surface area contributed by atoms with Crippen LogP contribution in [0.1, 0.15) is 27.6 Å². The van der Waals surface area contributed by atoms with Gasteiger partial charge in [0.15, 0.2) is 5.11 Å². The zero-order valence-electron chi connectivity index (χ0n) is 14.3. The molecule has 0 fully saturated rings. The monoisotopic (exact) mass is 435 g/mol. The van der Waals surface area contributed by atoms with E-state index in [-0.39, 0.29) is 16.9 Å². The topological polar surface area (TPSA) is 79.5 Å². The molecule has 6 nitrogen and oxygen atoms in total. The van der Waals surface area contributed by atoms with Crippen molar-refractivity contribution in [1.29, 1.82) is 0 Å². The number of nitrogens with one attached hydrogen (secondary N) is 3. The normalized spacial score (nSPS) is 9.96. The average molecular weight is 436 g/mol. The molecule has 0 aliphatic carbocycles. The fraction of sp³-hybridized carbons (Fsp3) is 0.167.